The van der Waals surface area contributed by atoms with E-state index in [0.717, 1.165) is 42.3 Å². The van der Waals surface area contributed by atoms with Crippen LogP contribution in [0.25, 0.3) is 6.08 Å². The van der Waals surface area contributed by atoms with E-state index >= 15 is 0 Å². The van der Waals surface area contributed by atoms with Gasteiger partial charge in [0.05, 0.1) is 11.6 Å². The molecule has 6 nitrogen and oxygen atoms in total. The molecule has 0 aliphatic carbocycles. The van der Waals surface area contributed by atoms with Crippen LogP contribution in [0, 0.1) is 13.8 Å². The Bertz CT molecular complexity index is 840. The van der Waals surface area contributed by atoms with Gasteiger partial charge in [-0.2, -0.15) is 5.10 Å². The lowest BCUT2D eigenvalue weighted by Gasteiger charge is -2.34. The number of benzene rings is 1. The van der Waals surface area contributed by atoms with Gasteiger partial charge in [0.25, 0.3) is 5.91 Å². The number of amides is 1. The van der Waals surface area contributed by atoms with Crippen LogP contribution in [0.1, 0.15) is 36.1 Å². The summed E-state index contributed by atoms with van der Waals surface area (Å²) in [5.41, 5.74) is 1.68. The monoisotopic (exact) mass is 338 g/mol. The first kappa shape index (κ1) is 15.9. The summed E-state index contributed by atoms with van der Waals surface area (Å²) in [6.07, 6.45) is 3.95. The van der Waals surface area contributed by atoms with E-state index in [9.17, 15) is 4.79 Å². The van der Waals surface area contributed by atoms with Gasteiger partial charge in [0.1, 0.15) is 24.0 Å². The van der Waals surface area contributed by atoms with Crippen LogP contribution in [0.2, 0.25) is 0 Å². The fourth-order valence-electron chi connectivity index (χ4n) is 3.66. The Hall–Kier alpha value is -2.63. The van der Waals surface area contributed by atoms with Gasteiger partial charge >= 0.3 is 0 Å². The van der Waals surface area contributed by atoms with Crippen LogP contribution in [0.4, 0.5) is 0 Å². The molecule has 25 heavy (non-hydrogen) atoms. The molecule has 1 saturated heterocycles. The van der Waals surface area contributed by atoms with Crippen molar-refractivity contribution in [1.29, 1.82) is 0 Å². The highest BCUT2D eigenvalue weighted by molar-refractivity contribution is 5.99. The normalized spacial score (nSPS) is 19.8. The first-order chi connectivity index (χ1) is 12.1. The molecule has 2 aliphatic heterocycles. The number of hydrogen-bond acceptors (Lipinski definition) is 4. The molecular weight excluding hydrogens is 316 g/mol. The minimum absolute atomic E-state index is 0.0636. The molecule has 6 heteroatoms. The molecule has 1 aromatic carbocycles. The molecular formula is C19H22N4O2. The molecule has 0 unspecified atom stereocenters. The van der Waals surface area contributed by atoms with Crippen LogP contribution in [0.3, 0.4) is 0 Å². The van der Waals surface area contributed by atoms with Gasteiger partial charge in [-0.3, -0.25) is 4.79 Å². The third-order valence-corrected chi connectivity index (χ3v) is 4.84. The average Bonchev–Trinajstić information content (AvgIpc) is 2.99. The maximum absolute atomic E-state index is 13.0. The molecule has 2 aliphatic rings. The number of likely N-dealkylation sites (tertiary alicyclic amines) is 1. The maximum atomic E-state index is 13.0. The van der Waals surface area contributed by atoms with Crippen LogP contribution >= 0.6 is 0 Å². The quantitative estimate of drug-likeness (QED) is 0.844. The van der Waals surface area contributed by atoms with E-state index < -0.39 is 0 Å². The third kappa shape index (κ3) is 3.04. The molecule has 0 spiro atoms. The van der Waals surface area contributed by atoms with Crippen molar-refractivity contribution in [2.75, 3.05) is 19.7 Å². The van der Waals surface area contributed by atoms with Crippen LogP contribution < -0.4 is 4.74 Å². The highest BCUT2D eigenvalue weighted by Crippen LogP contribution is 2.28. The van der Waals surface area contributed by atoms with Gasteiger partial charge in [-0.05, 0) is 38.8 Å². The standard InChI is InChI=1S/C19H22N4O2/c1-13-20-14(2)23(21-13)17-7-5-9-22(11-17)19(24)16-10-15-6-3-4-8-18(15)25-12-16/h3-4,6,8,10,17H,5,7,9,11-12H2,1-2H3/t17-/m1/s1. The lowest BCUT2D eigenvalue weighted by atomic mass is 10.0. The summed E-state index contributed by atoms with van der Waals surface area (Å²) in [6.45, 7) is 5.65. The summed E-state index contributed by atoms with van der Waals surface area (Å²) in [5, 5.41) is 4.50. The van der Waals surface area contributed by atoms with Gasteiger partial charge in [-0.15, -0.1) is 0 Å². The number of aromatic nitrogens is 3. The van der Waals surface area contributed by atoms with Gasteiger partial charge in [-0.1, -0.05) is 18.2 Å². The van der Waals surface area contributed by atoms with E-state index in [1.165, 1.54) is 0 Å². The Morgan fingerprint density at radius 3 is 2.92 bits per heavy atom. The molecule has 130 valence electrons. The molecule has 0 radical (unpaired) electrons. The number of aryl methyl sites for hydroxylation is 2. The summed E-state index contributed by atoms with van der Waals surface area (Å²) in [5.74, 6) is 2.59. The molecule has 1 atom stereocenters. The molecule has 3 heterocycles. The Labute approximate surface area is 147 Å². The van der Waals surface area contributed by atoms with E-state index in [4.69, 9.17) is 4.74 Å². The van der Waals surface area contributed by atoms with E-state index in [1.54, 1.807) is 0 Å². The lowest BCUT2D eigenvalue weighted by Crippen LogP contribution is -2.42. The highest BCUT2D eigenvalue weighted by Gasteiger charge is 2.29. The number of nitrogens with zero attached hydrogens (tertiary/aromatic N) is 4. The minimum Gasteiger partial charge on any atom is -0.488 e. The van der Waals surface area contributed by atoms with Gasteiger partial charge in [-0.25, -0.2) is 9.67 Å². The van der Waals surface area contributed by atoms with Crippen LogP contribution in [0.5, 0.6) is 5.75 Å². The molecule has 1 aromatic heterocycles. The Kier molecular flexibility index (Phi) is 4.03. The summed E-state index contributed by atoms with van der Waals surface area (Å²) in [4.78, 5) is 19.3. The fraction of sp³-hybridized carbons (Fsp3) is 0.421. The number of rotatable bonds is 2. The van der Waals surface area contributed by atoms with Crippen molar-refractivity contribution in [2.45, 2.75) is 32.7 Å². The second kappa shape index (κ2) is 6.35. The molecule has 0 N–H and O–H groups in total. The number of piperidine rings is 1. The van der Waals surface area contributed by atoms with Gasteiger partial charge < -0.3 is 9.64 Å². The van der Waals surface area contributed by atoms with E-state index in [-0.39, 0.29) is 11.9 Å². The lowest BCUT2D eigenvalue weighted by molar-refractivity contribution is -0.129. The zero-order chi connectivity index (χ0) is 17.4. The van der Waals surface area contributed by atoms with E-state index in [1.807, 2.05) is 53.8 Å². The summed E-state index contributed by atoms with van der Waals surface area (Å²) < 4.78 is 7.71. The molecule has 4 rings (SSSR count). The maximum Gasteiger partial charge on any atom is 0.253 e. The predicted octanol–water partition coefficient (Wildman–Crippen LogP) is 2.53. The number of ether oxygens (including phenoxy) is 1. The zero-order valence-corrected chi connectivity index (χ0v) is 14.6. The van der Waals surface area contributed by atoms with Gasteiger partial charge in [0, 0.05) is 18.7 Å². The van der Waals surface area contributed by atoms with Crippen molar-refractivity contribution >= 4 is 12.0 Å². The second-order valence-electron chi connectivity index (χ2n) is 6.69. The highest BCUT2D eigenvalue weighted by atomic mass is 16.5. The number of fused-ring (bicyclic) bond motifs is 1. The number of hydrogen-bond donors (Lipinski definition) is 0. The third-order valence-electron chi connectivity index (χ3n) is 4.84. The van der Waals surface area contributed by atoms with Gasteiger partial charge in [0.15, 0.2) is 0 Å². The summed E-state index contributed by atoms with van der Waals surface area (Å²) in [6, 6.07) is 7.99. The second-order valence-corrected chi connectivity index (χ2v) is 6.69. The summed E-state index contributed by atoms with van der Waals surface area (Å²) >= 11 is 0. The molecule has 2 aromatic rings. The zero-order valence-electron chi connectivity index (χ0n) is 14.6. The van der Waals surface area contributed by atoms with Crippen molar-refractivity contribution in [3.05, 3.63) is 47.1 Å². The summed E-state index contributed by atoms with van der Waals surface area (Å²) in [7, 11) is 0. The smallest absolute Gasteiger partial charge is 0.253 e. The van der Waals surface area contributed by atoms with Crippen LogP contribution in [-0.4, -0.2) is 45.3 Å². The SMILES string of the molecule is Cc1nc(C)n([C@@H]2CCCN(C(=O)C3=Cc4ccccc4OC3)C2)n1. The number of carbonyl (C=O) groups excluding carboxylic acids is 1. The largest absolute Gasteiger partial charge is 0.488 e. The van der Waals surface area contributed by atoms with Crippen molar-refractivity contribution in [2.24, 2.45) is 0 Å². The average molecular weight is 338 g/mol. The first-order valence-corrected chi connectivity index (χ1v) is 8.73. The van der Waals surface area contributed by atoms with E-state index in [2.05, 4.69) is 10.1 Å². The number of carbonyl (C=O) groups is 1. The van der Waals surface area contributed by atoms with Crippen LogP contribution in [-0.2, 0) is 4.79 Å². The minimum atomic E-state index is 0.0636. The Morgan fingerprint density at radius 2 is 2.12 bits per heavy atom. The van der Waals surface area contributed by atoms with E-state index in [0.29, 0.717) is 18.7 Å². The predicted molar refractivity (Wildman–Crippen MR) is 94.3 cm³/mol. The fourth-order valence-corrected chi connectivity index (χ4v) is 3.66. The molecule has 1 fully saturated rings. The first-order valence-electron chi connectivity index (χ1n) is 8.73. The van der Waals surface area contributed by atoms with Crippen molar-refractivity contribution in [1.82, 2.24) is 19.7 Å². The van der Waals surface area contributed by atoms with Crippen LogP contribution in [0.15, 0.2) is 29.8 Å². The van der Waals surface area contributed by atoms with Crippen molar-refractivity contribution in [3.8, 4) is 5.75 Å². The van der Waals surface area contributed by atoms with Crippen molar-refractivity contribution in [3.63, 3.8) is 0 Å². The number of para-hydroxylation sites is 1. The van der Waals surface area contributed by atoms with Gasteiger partial charge in [0.2, 0.25) is 0 Å². The molecule has 1 amide bonds. The topological polar surface area (TPSA) is 60.2 Å². The Morgan fingerprint density at radius 1 is 1.28 bits per heavy atom. The molecule has 0 saturated carbocycles. The molecule has 0 bridgehead atoms. The van der Waals surface area contributed by atoms with Crippen molar-refractivity contribution < 1.29 is 9.53 Å². The Balaban J connectivity index is 1.53.